The maximum atomic E-state index is 13.8. The summed E-state index contributed by atoms with van der Waals surface area (Å²) in [7, 11) is 1.76. The molecular weight excluding hydrogens is 321 g/mol. The lowest BCUT2D eigenvalue weighted by Gasteiger charge is -2.39. The van der Waals surface area contributed by atoms with Crippen molar-refractivity contribution in [1.82, 2.24) is 14.8 Å². The van der Waals surface area contributed by atoms with E-state index < -0.39 is 5.82 Å². The van der Waals surface area contributed by atoms with Crippen LogP contribution < -0.4 is 0 Å². The number of rotatable bonds is 4. The fourth-order valence-corrected chi connectivity index (χ4v) is 4.41. The van der Waals surface area contributed by atoms with Gasteiger partial charge < -0.3 is 9.64 Å². The highest BCUT2D eigenvalue weighted by Gasteiger charge is 2.46. The number of amides is 1. The Bertz CT molecular complexity index is 614. The first-order valence-electron chi connectivity index (χ1n) is 9.09. The van der Waals surface area contributed by atoms with Gasteiger partial charge in [0, 0.05) is 45.0 Å². The number of nitrogens with zero attached hydrogens (tertiary/aromatic N) is 3. The van der Waals surface area contributed by atoms with Gasteiger partial charge in [0.2, 0.25) is 0 Å². The number of methoxy groups -OCH3 is 1. The maximum Gasteiger partial charge on any atom is 0.256 e. The number of likely N-dealkylation sites (tertiary alicyclic amines) is 2. The van der Waals surface area contributed by atoms with Gasteiger partial charge in [-0.15, -0.1) is 0 Å². The molecule has 1 unspecified atom stereocenters. The van der Waals surface area contributed by atoms with Gasteiger partial charge in [0.05, 0.1) is 18.4 Å². The Labute approximate surface area is 149 Å². The quantitative estimate of drug-likeness (QED) is 0.838. The SMILES string of the molecule is COCC1CC2(CCN(C(=O)c3ccncc3F)CC2)CN1C(C)C. The predicted octanol–water partition coefficient (Wildman–Crippen LogP) is 2.57. The Morgan fingerprint density at radius 3 is 2.76 bits per heavy atom. The average Bonchev–Trinajstić information content (AvgIpc) is 2.94. The normalized spacial score (nSPS) is 23.6. The van der Waals surface area contributed by atoms with E-state index in [1.165, 1.54) is 12.3 Å². The first-order valence-corrected chi connectivity index (χ1v) is 9.09. The van der Waals surface area contributed by atoms with E-state index in [1.54, 1.807) is 12.0 Å². The molecule has 2 saturated heterocycles. The molecule has 2 aliphatic rings. The van der Waals surface area contributed by atoms with Crippen molar-refractivity contribution in [1.29, 1.82) is 0 Å². The van der Waals surface area contributed by atoms with Crippen molar-refractivity contribution >= 4 is 5.91 Å². The molecule has 0 saturated carbocycles. The van der Waals surface area contributed by atoms with Crippen molar-refractivity contribution in [3.8, 4) is 0 Å². The summed E-state index contributed by atoms with van der Waals surface area (Å²) in [5.74, 6) is -0.762. The van der Waals surface area contributed by atoms with Crippen LogP contribution in [-0.4, -0.2) is 66.1 Å². The predicted molar refractivity (Wildman–Crippen MR) is 93.9 cm³/mol. The highest BCUT2D eigenvalue weighted by molar-refractivity contribution is 5.94. The van der Waals surface area contributed by atoms with Crippen LogP contribution in [0.25, 0.3) is 0 Å². The van der Waals surface area contributed by atoms with E-state index in [9.17, 15) is 9.18 Å². The van der Waals surface area contributed by atoms with Gasteiger partial charge in [0.15, 0.2) is 5.82 Å². The third-order valence-corrected chi connectivity index (χ3v) is 5.79. The van der Waals surface area contributed by atoms with Gasteiger partial charge in [-0.05, 0) is 44.6 Å². The van der Waals surface area contributed by atoms with E-state index in [4.69, 9.17) is 4.74 Å². The minimum absolute atomic E-state index is 0.124. The van der Waals surface area contributed by atoms with E-state index in [0.717, 1.165) is 38.6 Å². The molecule has 2 fully saturated rings. The molecule has 3 rings (SSSR count). The van der Waals surface area contributed by atoms with Gasteiger partial charge in [0.25, 0.3) is 5.91 Å². The largest absolute Gasteiger partial charge is 0.383 e. The lowest BCUT2D eigenvalue weighted by atomic mass is 9.76. The summed E-state index contributed by atoms with van der Waals surface area (Å²) in [6.07, 6.45) is 5.62. The van der Waals surface area contributed by atoms with Gasteiger partial charge in [0.1, 0.15) is 0 Å². The molecule has 1 atom stereocenters. The summed E-state index contributed by atoms with van der Waals surface area (Å²) >= 11 is 0. The third-order valence-electron chi connectivity index (χ3n) is 5.79. The number of piperidine rings is 1. The van der Waals surface area contributed by atoms with Crippen molar-refractivity contribution in [2.45, 2.75) is 45.2 Å². The molecule has 1 amide bonds. The van der Waals surface area contributed by atoms with Crippen LogP contribution in [0.2, 0.25) is 0 Å². The minimum atomic E-state index is -0.542. The lowest BCUT2D eigenvalue weighted by Crippen LogP contribution is -2.45. The molecule has 1 aromatic heterocycles. The van der Waals surface area contributed by atoms with E-state index in [1.807, 2.05) is 0 Å². The maximum absolute atomic E-state index is 13.8. The minimum Gasteiger partial charge on any atom is -0.383 e. The molecular formula is C19H28FN3O2. The number of hydrogen-bond acceptors (Lipinski definition) is 4. The standard InChI is InChI=1S/C19H28FN3O2/c1-14(2)23-13-19(10-15(23)12-25-3)5-8-22(9-6-19)18(24)16-4-7-21-11-17(16)20/h4,7,11,14-15H,5-6,8-10,12-13H2,1-3H3. The molecule has 1 spiro atoms. The van der Waals surface area contributed by atoms with Crippen LogP contribution in [0, 0.1) is 11.2 Å². The monoisotopic (exact) mass is 349 g/mol. The zero-order valence-electron chi connectivity index (χ0n) is 15.4. The topological polar surface area (TPSA) is 45.7 Å². The number of carbonyl (C=O) groups excluding carboxylic acids is 1. The average molecular weight is 349 g/mol. The van der Waals surface area contributed by atoms with E-state index in [2.05, 4.69) is 23.7 Å². The Hall–Kier alpha value is -1.53. The summed E-state index contributed by atoms with van der Waals surface area (Å²) < 4.78 is 19.3. The van der Waals surface area contributed by atoms with Gasteiger partial charge in [-0.25, -0.2) is 4.39 Å². The van der Waals surface area contributed by atoms with Gasteiger partial charge in [-0.2, -0.15) is 0 Å². The Balaban J connectivity index is 1.65. The number of pyridine rings is 1. The highest BCUT2D eigenvalue weighted by atomic mass is 19.1. The first kappa shape index (κ1) is 18.3. The van der Waals surface area contributed by atoms with Crippen LogP contribution in [0.15, 0.2) is 18.5 Å². The molecule has 0 radical (unpaired) electrons. The van der Waals surface area contributed by atoms with Crippen LogP contribution in [0.1, 0.15) is 43.5 Å². The van der Waals surface area contributed by atoms with E-state index >= 15 is 0 Å². The number of ether oxygens (including phenoxy) is 1. The third kappa shape index (κ3) is 3.70. The second kappa shape index (κ2) is 7.38. The van der Waals surface area contributed by atoms with E-state index in [0.29, 0.717) is 25.2 Å². The Morgan fingerprint density at radius 2 is 2.16 bits per heavy atom. The molecule has 0 bridgehead atoms. The molecule has 25 heavy (non-hydrogen) atoms. The number of halogens is 1. The highest BCUT2D eigenvalue weighted by Crippen LogP contribution is 2.44. The molecule has 5 nitrogen and oxygen atoms in total. The van der Waals surface area contributed by atoms with Crippen LogP contribution in [0.5, 0.6) is 0 Å². The summed E-state index contributed by atoms with van der Waals surface area (Å²) in [5.41, 5.74) is 0.375. The summed E-state index contributed by atoms with van der Waals surface area (Å²) in [6, 6.07) is 2.40. The zero-order valence-corrected chi connectivity index (χ0v) is 15.4. The Morgan fingerprint density at radius 1 is 1.44 bits per heavy atom. The van der Waals surface area contributed by atoms with Crippen LogP contribution in [-0.2, 0) is 4.74 Å². The van der Waals surface area contributed by atoms with Crippen molar-refractivity contribution in [2.75, 3.05) is 33.4 Å². The molecule has 1 aromatic rings. The fourth-order valence-electron chi connectivity index (χ4n) is 4.41. The smallest absolute Gasteiger partial charge is 0.256 e. The number of hydrogen-bond donors (Lipinski definition) is 0. The van der Waals surface area contributed by atoms with Crippen molar-refractivity contribution in [3.63, 3.8) is 0 Å². The summed E-state index contributed by atoms with van der Waals surface area (Å²) in [4.78, 5) is 20.6. The number of carbonyl (C=O) groups is 1. The lowest BCUT2D eigenvalue weighted by molar-refractivity contribution is 0.0577. The number of aromatic nitrogens is 1. The first-order chi connectivity index (χ1) is 12.0. The van der Waals surface area contributed by atoms with Gasteiger partial charge >= 0.3 is 0 Å². The molecule has 0 aromatic carbocycles. The molecule has 6 heteroatoms. The van der Waals surface area contributed by atoms with E-state index in [-0.39, 0.29) is 16.9 Å². The van der Waals surface area contributed by atoms with Crippen LogP contribution in [0.3, 0.4) is 0 Å². The zero-order chi connectivity index (χ0) is 18.0. The van der Waals surface area contributed by atoms with Crippen LogP contribution >= 0.6 is 0 Å². The molecule has 0 N–H and O–H groups in total. The molecule has 3 heterocycles. The molecule has 138 valence electrons. The van der Waals surface area contributed by atoms with Crippen LogP contribution in [0.4, 0.5) is 4.39 Å². The fraction of sp³-hybridized carbons (Fsp3) is 0.684. The second-order valence-corrected chi connectivity index (χ2v) is 7.73. The van der Waals surface area contributed by atoms with Crippen molar-refractivity contribution in [2.24, 2.45) is 5.41 Å². The summed E-state index contributed by atoms with van der Waals surface area (Å²) in [5, 5.41) is 0. The molecule has 0 aliphatic carbocycles. The van der Waals surface area contributed by atoms with Crippen molar-refractivity contribution < 1.29 is 13.9 Å². The Kier molecular flexibility index (Phi) is 5.39. The summed E-state index contributed by atoms with van der Waals surface area (Å²) in [6.45, 7) is 7.65. The van der Waals surface area contributed by atoms with Crippen molar-refractivity contribution in [3.05, 3.63) is 29.8 Å². The molecule has 2 aliphatic heterocycles. The van der Waals surface area contributed by atoms with Gasteiger partial charge in [-0.1, -0.05) is 0 Å². The van der Waals surface area contributed by atoms with Gasteiger partial charge in [-0.3, -0.25) is 14.7 Å². The second-order valence-electron chi connectivity index (χ2n) is 7.73.